The maximum Gasteiger partial charge on any atom is 0.357 e. The molecule has 4 N–H and O–H groups in total. The van der Waals surface area contributed by atoms with E-state index in [1.54, 1.807) is 18.2 Å². The number of carbonyl (C=O) groups is 1. The maximum atomic E-state index is 12.5. The lowest BCUT2D eigenvalue weighted by molar-refractivity contribution is -0.122. The van der Waals surface area contributed by atoms with Gasteiger partial charge in [0, 0.05) is 7.05 Å². The summed E-state index contributed by atoms with van der Waals surface area (Å²) in [5.74, 6) is -0.519. The Labute approximate surface area is 157 Å². The molecule has 1 atom stereocenters. The zero-order valence-electron chi connectivity index (χ0n) is 14.3. The van der Waals surface area contributed by atoms with E-state index in [4.69, 9.17) is 4.55 Å². The fourth-order valence-electron chi connectivity index (χ4n) is 2.31. The number of amides is 1. The van der Waals surface area contributed by atoms with Crippen LogP contribution in [0.25, 0.3) is 0 Å². The molecule has 0 bridgehead atoms. The van der Waals surface area contributed by atoms with Gasteiger partial charge in [-0.05, 0) is 36.2 Å². The molecule has 0 heterocycles. The van der Waals surface area contributed by atoms with E-state index in [0.29, 0.717) is 5.56 Å². The number of hydrogen-bond donors (Lipinski definition) is 4. The van der Waals surface area contributed by atoms with Gasteiger partial charge in [-0.1, -0.05) is 30.3 Å². The first-order valence-corrected chi connectivity index (χ1v) is 10.7. The van der Waals surface area contributed by atoms with Crippen LogP contribution in [0.4, 0.5) is 5.69 Å². The van der Waals surface area contributed by atoms with Gasteiger partial charge in [0.15, 0.2) is 0 Å². The normalized spacial score (nSPS) is 13.0. The lowest BCUT2D eigenvalue weighted by atomic mass is 10.1. The lowest BCUT2D eigenvalue weighted by Gasteiger charge is -2.18. The van der Waals surface area contributed by atoms with Crippen molar-refractivity contribution >= 4 is 31.9 Å². The van der Waals surface area contributed by atoms with Crippen molar-refractivity contribution in [3.63, 3.8) is 0 Å². The van der Waals surface area contributed by atoms with Crippen molar-refractivity contribution in [2.24, 2.45) is 0 Å². The molecule has 0 aliphatic carbocycles. The Balaban J connectivity index is 2.19. The zero-order chi connectivity index (χ0) is 20.1. The van der Waals surface area contributed by atoms with E-state index in [9.17, 15) is 21.6 Å². The van der Waals surface area contributed by atoms with Crippen LogP contribution in [0, 0.1) is 0 Å². The first kappa shape index (κ1) is 20.8. The molecule has 0 aliphatic heterocycles. The van der Waals surface area contributed by atoms with Gasteiger partial charge in [0.25, 0.3) is 0 Å². The molecule has 2 aromatic rings. The Hall–Kier alpha value is -2.47. The molecule has 0 saturated carbocycles. The summed E-state index contributed by atoms with van der Waals surface area (Å²) in [5.41, 5.74) is 0.711. The summed E-state index contributed by atoms with van der Waals surface area (Å²) in [7, 11) is -6.90. The Bertz CT molecular complexity index is 990. The van der Waals surface area contributed by atoms with Crippen molar-refractivity contribution in [2.45, 2.75) is 17.4 Å². The van der Waals surface area contributed by atoms with E-state index in [1.807, 2.05) is 4.72 Å². The number of benzene rings is 2. The van der Waals surface area contributed by atoms with Crippen LogP contribution < -0.4 is 14.8 Å². The highest BCUT2D eigenvalue weighted by Gasteiger charge is 2.25. The number of nitrogens with one attached hydrogen (secondary N) is 3. The summed E-state index contributed by atoms with van der Waals surface area (Å²) in [5, 5.41) is 2.41. The molecule has 0 saturated heterocycles. The Morgan fingerprint density at radius 1 is 1.00 bits per heavy atom. The van der Waals surface area contributed by atoms with E-state index in [-0.39, 0.29) is 17.0 Å². The van der Waals surface area contributed by atoms with Gasteiger partial charge in [-0.15, -0.1) is 0 Å². The summed E-state index contributed by atoms with van der Waals surface area (Å²) >= 11 is 0. The summed E-state index contributed by atoms with van der Waals surface area (Å²) < 4.78 is 59.6. The molecular formula is C16H19N3O6S2. The quantitative estimate of drug-likeness (QED) is 0.465. The molecule has 2 rings (SSSR count). The fourth-order valence-corrected chi connectivity index (χ4v) is 3.96. The third-order valence-electron chi connectivity index (χ3n) is 3.55. The van der Waals surface area contributed by atoms with Gasteiger partial charge in [-0.3, -0.25) is 14.1 Å². The summed E-state index contributed by atoms with van der Waals surface area (Å²) in [6, 6.07) is 12.4. The molecule has 1 amide bonds. The molecule has 11 heteroatoms. The largest absolute Gasteiger partial charge is 0.358 e. The summed E-state index contributed by atoms with van der Waals surface area (Å²) in [6.45, 7) is 0. The van der Waals surface area contributed by atoms with Crippen molar-refractivity contribution in [3.8, 4) is 0 Å². The van der Waals surface area contributed by atoms with Crippen molar-refractivity contribution in [2.75, 3.05) is 11.8 Å². The average Bonchev–Trinajstić information content (AvgIpc) is 2.61. The first-order valence-electron chi connectivity index (χ1n) is 7.74. The molecule has 9 nitrogen and oxygen atoms in total. The van der Waals surface area contributed by atoms with E-state index in [1.165, 1.54) is 43.4 Å². The van der Waals surface area contributed by atoms with Gasteiger partial charge in [-0.25, -0.2) is 8.42 Å². The van der Waals surface area contributed by atoms with Crippen LogP contribution in [-0.2, 0) is 31.5 Å². The smallest absolute Gasteiger partial charge is 0.357 e. The number of rotatable bonds is 8. The number of anilines is 1. The fraction of sp³-hybridized carbons (Fsp3) is 0.188. The van der Waals surface area contributed by atoms with Crippen LogP contribution >= 0.6 is 0 Å². The van der Waals surface area contributed by atoms with Crippen molar-refractivity contribution < 1.29 is 26.2 Å². The van der Waals surface area contributed by atoms with Crippen molar-refractivity contribution in [1.82, 2.24) is 10.0 Å². The highest BCUT2D eigenvalue weighted by molar-refractivity contribution is 7.89. The number of hydrogen-bond acceptors (Lipinski definition) is 5. The van der Waals surface area contributed by atoms with E-state index in [0.717, 1.165) is 0 Å². The monoisotopic (exact) mass is 413 g/mol. The van der Waals surface area contributed by atoms with Gasteiger partial charge < -0.3 is 5.32 Å². The molecule has 2 aromatic carbocycles. The van der Waals surface area contributed by atoms with Crippen LogP contribution in [0.3, 0.4) is 0 Å². The third-order valence-corrected chi connectivity index (χ3v) is 5.54. The molecule has 27 heavy (non-hydrogen) atoms. The van der Waals surface area contributed by atoms with Crippen LogP contribution in [0.2, 0.25) is 0 Å². The van der Waals surface area contributed by atoms with E-state index >= 15 is 0 Å². The molecule has 0 fully saturated rings. The van der Waals surface area contributed by atoms with Gasteiger partial charge in [0.1, 0.15) is 6.04 Å². The highest BCUT2D eigenvalue weighted by atomic mass is 32.2. The maximum absolute atomic E-state index is 12.5. The Morgan fingerprint density at radius 3 is 2.11 bits per heavy atom. The topological polar surface area (TPSA) is 142 Å². The van der Waals surface area contributed by atoms with Crippen LogP contribution in [0.5, 0.6) is 0 Å². The minimum atomic E-state index is -4.39. The predicted molar refractivity (Wildman–Crippen MR) is 99.9 cm³/mol. The highest BCUT2D eigenvalue weighted by Crippen LogP contribution is 2.14. The van der Waals surface area contributed by atoms with Crippen molar-refractivity contribution in [1.29, 1.82) is 0 Å². The van der Waals surface area contributed by atoms with Gasteiger partial charge in [0.2, 0.25) is 15.9 Å². The van der Waals surface area contributed by atoms with Gasteiger partial charge in [-0.2, -0.15) is 13.1 Å². The van der Waals surface area contributed by atoms with Crippen LogP contribution in [0.15, 0.2) is 59.5 Å². The number of likely N-dealkylation sites (N-methyl/N-ethyl adjacent to an activating group) is 1. The SMILES string of the molecule is CNC(=O)[C@H](Cc1ccc(NS(=O)(=O)O)cc1)NS(=O)(=O)c1ccccc1. The van der Waals surface area contributed by atoms with Crippen LogP contribution in [-0.4, -0.2) is 40.4 Å². The zero-order valence-corrected chi connectivity index (χ0v) is 15.9. The van der Waals surface area contributed by atoms with E-state index in [2.05, 4.69) is 10.0 Å². The molecule has 0 radical (unpaired) electrons. The average molecular weight is 413 g/mol. The van der Waals surface area contributed by atoms with Gasteiger partial charge >= 0.3 is 10.3 Å². The minimum Gasteiger partial charge on any atom is -0.358 e. The van der Waals surface area contributed by atoms with Crippen molar-refractivity contribution in [3.05, 3.63) is 60.2 Å². The molecule has 146 valence electrons. The number of sulfonamides is 1. The Morgan fingerprint density at radius 2 is 1.59 bits per heavy atom. The number of carbonyl (C=O) groups excluding carboxylic acids is 1. The molecule has 0 spiro atoms. The van der Waals surface area contributed by atoms with E-state index < -0.39 is 32.3 Å². The minimum absolute atomic E-state index is 0.0339. The Kier molecular flexibility index (Phi) is 6.54. The standard InChI is InChI=1S/C16H19N3O6S2/c1-17-16(20)15(19-26(21,22)14-5-3-2-4-6-14)11-12-7-9-13(10-8-12)18-27(23,24)25/h2-10,15,18-19H,11H2,1H3,(H,17,20)(H,23,24,25)/t15-/m0/s1. The molecular weight excluding hydrogens is 394 g/mol. The van der Waals surface area contributed by atoms with Gasteiger partial charge in [0.05, 0.1) is 10.6 Å². The first-order chi connectivity index (χ1) is 12.6. The summed E-state index contributed by atoms with van der Waals surface area (Å²) in [4.78, 5) is 12.2. The molecule has 0 aromatic heterocycles. The predicted octanol–water partition coefficient (Wildman–Crippen LogP) is 0.537. The molecule has 0 unspecified atom stereocenters. The van der Waals surface area contributed by atoms with Crippen LogP contribution in [0.1, 0.15) is 5.56 Å². The second-order valence-electron chi connectivity index (χ2n) is 5.58. The second-order valence-corrected chi connectivity index (χ2v) is 8.45. The second kappa shape index (κ2) is 8.48. The molecule has 0 aliphatic rings. The third kappa shape index (κ3) is 6.32. The lowest BCUT2D eigenvalue weighted by Crippen LogP contribution is -2.46. The summed E-state index contributed by atoms with van der Waals surface area (Å²) in [6.07, 6.45) is 0.0396.